The lowest BCUT2D eigenvalue weighted by Gasteiger charge is -2.42. The van der Waals surface area contributed by atoms with E-state index in [1.165, 1.54) is 5.56 Å². The first-order chi connectivity index (χ1) is 12.5. The molecule has 0 unspecified atom stereocenters. The van der Waals surface area contributed by atoms with Crippen molar-refractivity contribution < 1.29 is 5.11 Å². The van der Waals surface area contributed by atoms with Crippen LogP contribution in [0.5, 0.6) is 0 Å². The van der Waals surface area contributed by atoms with Gasteiger partial charge in [0.25, 0.3) is 0 Å². The van der Waals surface area contributed by atoms with E-state index in [-0.39, 0.29) is 18.2 Å². The zero-order valence-electron chi connectivity index (χ0n) is 15.3. The first kappa shape index (κ1) is 16.9. The Bertz CT molecular complexity index is 900. The van der Waals surface area contributed by atoms with Crippen LogP contribution in [-0.2, 0) is 6.54 Å². The van der Waals surface area contributed by atoms with Gasteiger partial charge in [-0.2, -0.15) is 10.2 Å². The van der Waals surface area contributed by atoms with E-state index in [2.05, 4.69) is 27.4 Å². The van der Waals surface area contributed by atoms with Gasteiger partial charge in [0.1, 0.15) is 0 Å². The van der Waals surface area contributed by atoms with Gasteiger partial charge in [-0.1, -0.05) is 6.07 Å². The molecule has 1 saturated carbocycles. The van der Waals surface area contributed by atoms with Crippen molar-refractivity contribution in [2.75, 3.05) is 0 Å². The number of nitrogens with one attached hydrogen (secondary N) is 1. The van der Waals surface area contributed by atoms with Crippen molar-refractivity contribution in [2.24, 2.45) is 0 Å². The number of rotatable bonds is 5. The highest BCUT2D eigenvalue weighted by molar-refractivity contribution is 5.32. The van der Waals surface area contributed by atoms with Gasteiger partial charge in [0, 0.05) is 36.2 Å². The molecule has 3 atom stereocenters. The predicted molar refractivity (Wildman–Crippen MR) is 98.1 cm³/mol. The minimum Gasteiger partial charge on any atom is -0.391 e. The molecular weight excluding hydrogens is 328 g/mol. The van der Waals surface area contributed by atoms with Crippen LogP contribution in [0.1, 0.15) is 35.0 Å². The monoisotopic (exact) mass is 352 g/mol. The van der Waals surface area contributed by atoms with Gasteiger partial charge in [-0.25, -0.2) is 9.67 Å². The maximum atomic E-state index is 10.2. The Hall–Kier alpha value is -2.51. The van der Waals surface area contributed by atoms with E-state index in [0.717, 1.165) is 29.2 Å². The number of hydrogen-bond acceptors (Lipinski definition) is 5. The van der Waals surface area contributed by atoms with Gasteiger partial charge in [-0.3, -0.25) is 4.68 Å². The van der Waals surface area contributed by atoms with E-state index in [1.54, 1.807) is 6.20 Å². The topological polar surface area (TPSA) is 80.8 Å². The molecule has 0 aromatic carbocycles. The second kappa shape index (κ2) is 6.66. The fraction of sp³-hybridized carbons (Fsp3) is 0.421. The summed E-state index contributed by atoms with van der Waals surface area (Å²) in [4.78, 5) is 4.39. The maximum Gasteiger partial charge on any atom is 0.153 e. The lowest BCUT2D eigenvalue weighted by atomic mass is 9.83. The fourth-order valence-electron chi connectivity index (χ4n) is 3.64. The Kier molecular flexibility index (Phi) is 4.34. The molecule has 3 aromatic heterocycles. The lowest BCUT2D eigenvalue weighted by Crippen LogP contribution is -2.54. The van der Waals surface area contributed by atoms with Gasteiger partial charge in [0.2, 0.25) is 0 Å². The van der Waals surface area contributed by atoms with E-state index < -0.39 is 0 Å². The molecule has 3 aromatic rings. The Labute approximate surface area is 152 Å². The van der Waals surface area contributed by atoms with Crippen LogP contribution >= 0.6 is 0 Å². The molecular formula is C19H24N6O. The smallest absolute Gasteiger partial charge is 0.153 e. The molecule has 0 amide bonds. The molecule has 1 aliphatic carbocycles. The highest BCUT2D eigenvalue weighted by Crippen LogP contribution is 2.33. The summed E-state index contributed by atoms with van der Waals surface area (Å²) in [5.41, 5.74) is 4.35. The van der Waals surface area contributed by atoms with E-state index in [1.807, 2.05) is 53.8 Å². The van der Waals surface area contributed by atoms with Crippen molar-refractivity contribution >= 4 is 0 Å². The average molecular weight is 352 g/mol. The molecule has 4 rings (SSSR count). The molecule has 0 saturated heterocycles. The first-order valence-corrected chi connectivity index (χ1v) is 8.93. The number of aryl methyl sites for hydroxylation is 2. The average Bonchev–Trinajstić information content (AvgIpc) is 3.16. The zero-order valence-corrected chi connectivity index (χ0v) is 15.3. The van der Waals surface area contributed by atoms with Crippen molar-refractivity contribution in [3.8, 4) is 5.82 Å². The summed E-state index contributed by atoms with van der Waals surface area (Å²) < 4.78 is 3.76. The summed E-state index contributed by atoms with van der Waals surface area (Å²) >= 11 is 0. The fourth-order valence-corrected chi connectivity index (χ4v) is 3.64. The Balaban J connectivity index is 1.49. The van der Waals surface area contributed by atoms with Crippen molar-refractivity contribution in [1.82, 2.24) is 29.9 Å². The largest absolute Gasteiger partial charge is 0.391 e. The molecule has 7 heteroatoms. The summed E-state index contributed by atoms with van der Waals surface area (Å²) in [5, 5.41) is 22.8. The highest BCUT2D eigenvalue weighted by atomic mass is 16.3. The standard InChI is InChI=1S/C19H24N6O/c1-12-9-22-24(11-12)19-16(8-17(19)26)21-10-15-13(2)23-25(14(15)3)18-6-4-5-7-20-18/h4-7,9,11,16-17,19,21,26H,8,10H2,1-3H3/t16-,17+,19+/m0/s1. The normalized spacial score (nSPS) is 22.4. The number of aromatic nitrogens is 5. The molecule has 1 aliphatic rings. The van der Waals surface area contributed by atoms with Gasteiger partial charge in [0.15, 0.2) is 5.82 Å². The molecule has 26 heavy (non-hydrogen) atoms. The van der Waals surface area contributed by atoms with Crippen LogP contribution < -0.4 is 5.32 Å². The molecule has 3 heterocycles. The van der Waals surface area contributed by atoms with Crippen LogP contribution in [0, 0.1) is 20.8 Å². The van der Waals surface area contributed by atoms with Crippen LogP contribution in [0.15, 0.2) is 36.8 Å². The van der Waals surface area contributed by atoms with Crippen LogP contribution in [0.25, 0.3) is 5.82 Å². The first-order valence-electron chi connectivity index (χ1n) is 8.93. The second-order valence-corrected chi connectivity index (χ2v) is 7.03. The molecule has 0 radical (unpaired) electrons. The van der Waals surface area contributed by atoms with E-state index in [0.29, 0.717) is 6.54 Å². The number of pyridine rings is 1. The SMILES string of the molecule is Cc1cnn([C@H]2[C@H](O)C[C@@H]2NCc2c(C)nn(-c3ccccn3)c2C)c1. The van der Waals surface area contributed by atoms with E-state index >= 15 is 0 Å². The second-order valence-electron chi connectivity index (χ2n) is 7.03. The Morgan fingerprint density at radius 1 is 1.27 bits per heavy atom. The predicted octanol–water partition coefficient (Wildman–Crippen LogP) is 1.85. The Morgan fingerprint density at radius 2 is 2.12 bits per heavy atom. The van der Waals surface area contributed by atoms with Gasteiger partial charge in [0.05, 0.1) is 24.0 Å². The molecule has 1 fully saturated rings. The van der Waals surface area contributed by atoms with E-state index in [9.17, 15) is 5.11 Å². The minimum atomic E-state index is -0.356. The number of hydrogen-bond donors (Lipinski definition) is 2. The molecule has 136 valence electrons. The quantitative estimate of drug-likeness (QED) is 0.732. The van der Waals surface area contributed by atoms with Crippen LogP contribution in [0.2, 0.25) is 0 Å². The third kappa shape index (κ3) is 2.93. The van der Waals surface area contributed by atoms with Crippen LogP contribution in [0.3, 0.4) is 0 Å². The van der Waals surface area contributed by atoms with Crippen molar-refractivity contribution in [3.05, 3.63) is 59.3 Å². The summed E-state index contributed by atoms with van der Waals surface area (Å²) in [6, 6.07) is 5.99. The molecule has 0 spiro atoms. The minimum absolute atomic E-state index is 0.0184. The number of aliphatic hydroxyl groups is 1. The number of aliphatic hydroxyl groups excluding tert-OH is 1. The van der Waals surface area contributed by atoms with Gasteiger partial charge in [-0.15, -0.1) is 0 Å². The van der Waals surface area contributed by atoms with Crippen LogP contribution in [0.4, 0.5) is 0 Å². The van der Waals surface area contributed by atoms with Gasteiger partial charge >= 0.3 is 0 Å². The molecule has 0 aliphatic heterocycles. The Morgan fingerprint density at radius 3 is 2.77 bits per heavy atom. The third-order valence-electron chi connectivity index (χ3n) is 5.19. The van der Waals surface area contributed by atoms with Crippen molar-refractivity contribution in [3.63, 3.8) is 0 Å². The third-order valence-corrected chi connectivity index (χ3v) is 5.19. The summed E-state index contributed by atoms with van der Waals surface area (Å²) in [6.45, 7) is 6.80. The van der Waals surface area contributed by atoms with Gasteiger partial charge in [-0.05, 0) is 44.9 Å². The molecule has 7 nitrogen and oxygen atoms in total. The molecule has 2 N–H and O–H groups in total. The van der Waals surface area contributed by atoms with Crippen LogP contribution in [-0.4, -0.2) is 41.8 Å². The summed E-state index contributed by atoms with van der Waals surface area (Å²) in [5.74, 6) is 0.823. The summed E-state index contributed by atoms with van der Waals surface area (Å²) in [7, 11) is 0. The van der Waals surface area contributed by atoms with Crippen molar-refractivity contribution in [2.45, 2.75) is 51.9 Å². The lowest BCUT2D eigenvalue weighted by molar-refractivity contribution is -0.00826. The maximum absolute atomic E-state index is 10.2. The number of nitrogens with zero attached hydrogens (tertiary/aromatic N) is 5. The van der Waals surface area contributed by atoms with E-state index in [4.69, 9.17) is 0 Å². The zero-order chi connectivity index (χ0) is 18.3. The highest BCUT2D eigenvalue weighted by Gasteiger charge is 2.41. The van der Waals surface area contributed by atoms with Gasteiger partial charge < -0.3 is 10.4 Å². The molecule has 0 bridgehead atoms. The van der Waals surface area contributed by atoms with Crippen molar-refractivity contribution in [1.29, 1.82) is 0 Å². The summed E-state index contributed by atoms with van der Waals surface area (Å²) in [6.07, 6.45) is 5.96.